The third-order valence-electron chi connectivity index (χ3n) is 3.02. The van der Waals surface area contributed by atoms with E-state index in [9.17, 15) is 4.79 Å². The summed E-state index contributed by atoms with van der Waals surface area (Å²) in [5.74, 6) is 0.188. The Labute approximate surface area is 118 Å². The van der Waals surface area contributed by atoms with E-state index in [-0.39, 0.29) is 11.8 Å². The average molecular weight is 319 g/mol. The Morgan fingerprint density at radius 3 is 2.95 bits per heavy atom. The number of anilines is 2. The highest BCUT2D eigenvalue weighted by molar-refractivity contribution is 9.10. The molecule has 1 aromatic carbocycles. The van der Waals surface area contributed by atoms with Crippen molar-refractivity contribution in [1.82, 2.24) is 9.97 Å². The van der Waals surface area contributed by atoms with Crippen LogP contribution < -0.4 is 10.6 Å². The standard InChI is InChI=1S/C13H11BrN4O/c14-11-6-17-12(7-16-11)18-13(19)9-5-15-10-4-2-1-3-8(9)10/h1-4,6-7,9,15H,5H2,(H,17,18,19). The normalized spacial score (nSPS) is 16.6. The Morgan fingerprint density at radius 2 is 2.16 bits per heavy atom. The summed E-state index contributed by atoms with van der Waals surface area (Å²) in [5.41, 5.74) is 2.04. The number of rotatable bonds is 2. The topological polar surface area (TPSA) is 66.9 Å². The molecular weight excluding hydrogens is 308 g/mol. The molecule has 0 spiro atoms. The highest BCUT2D eigenvalue weighted by Gasteiger charge is 2.28. The number of aromatic nitrogens is 2. The van der Waals surface area contributed by atoms with Gasteiger partial charge in [-0.05, 0) is 27.6 Å². The Morgan fingerprint density at radius 1 is 1.32 bits per heavy atom. The molecule has 3 rings (SSSR count). The second-order valence-electron chi connectivity index (χ2n) is 4.23. The van der Waals surface area contributed by atoms with Gasteiger partial charge in [-0.3, -0.25) is 4.79 Å². The molecule has 1 unspecified atom stereocenters. The van der Waals surface area contributed by atoms with Crippen LogP contribution in [-0.4, -0.2) is 22.4 Å². The van der Waals surface area contributed by atoms with Gasteiger partial charge in [0.1, 0.15) is 4.60 Å². The number of hydrogen-bond acceptors (Lipinski definition) is 4. The van der Waals surface area contributed by atoms with Crippen LogP contribution in [0.5, 0.6) is 0 Å². The van der Waals surface area contributed by atoms with E-state index in [2.05, 4.69) is 36.5 Å². The smallest absolute Gasteiger partial charge is 0.234 e. The number of halogens is 1. The fourth-order valence-corrected chi connectivity index (χ4v) is 2.31. The summed E-state index contributed by atoms with van der Waals surface area (Å²) in [6.45, 7) is 0.606. The second-order valence-corrected chi connectivity index (χ2v) is 5.05. The Bertz CT molecular complexity index is 614. The zero-order valence-electron chi connectivity index (χ0n) is 9.93. The number of para-hydroxylation sites is 1. The zero-order valence-corrected chi connectivity index (χ0v) is 11.5. The lowest BCUT2D eigenvalue weighted by molar-refractivity contribution is -0.117. The van der Waals surface area contributed by atoms with E-state index in [4.69, 9.17) is 0 Å². The highest BCUT2D eigenvalue weighted by atomic mass is 79.9. The summed E-state index contributed by atoms with van der Waals surface area (Å²) in [4.78, 5) is 20.3. The third kappa shape index (κ3) is 2.44. The first-order valence-corrected chi connectivity index (χ1v) is 6.64. The van der Waals surface area contributed by atoms with Crippen LogP contribution in [0.15, 0.2) is 41.3 Å². The Hall–Kier alpha value is -1.95. The van der Waals surface area contributed by atoms with Crippen molar-refractivity contribution in [1.29, 1.82) is 0 Å². The highest BCUT2D eigenvalue weighted by Crippen LogP contribution is 2.31. The van der Waals surface area contributed by atoms with Crippen LogP contribution in [0.2, 0.25) is 0 Å². The predicted octanol–water partition coefficient (Wildman–Crippen LogP) is 2.39. The molecule has 2 aromatic rings. The summed E-state index contributed by atoms with van der Waals surface area (Å²) >= 11 is 3.20. The van der Waals surface area contributed by atoms with Crippen LogP contribution in [0.3, 0.4) is 0 Å². The zero-order chi connectivity index (χ0) is 13.2. The van der Waals surface area contributed by atoms with Gasteiger partial charge in [-0.25, -0.2) is 9.97 Å². The van der Waals surface area contributed by atoms with Gasteiger partial charge >= 0.3 is 0 Å². The minimum Gasteiger partial charge on any atom is -0.384 e. The summed E-state index contributed by atoms with van der Waals surface area (Å²) in [6, 6.07) is 7.83. The van der Waals surface area contributed by atoms with Crippen molar-refractivity contribution in [2.75, 3.05) is 17.2 Å². The molecule has 1 amide bonds. The van der Waals surface area contributed by atoms with E-state index in [1.54, 1.807) is 6.20 Å². The molecule has 19 heavy (non-hydrogen) atoms. The number of benzene rings is 1. The van der Waals surface area contributed by atoms with Crippen LogP contribution in [0, 0.1) is 0 Å². The Kier molecular flexibility index (Phi) is 3.16. The van der Waals surface area contributed by atoms with E-state index in [1.165, 1.54) is 6.20 Å². The quantitative estimate of drug-likeness (QED) is 0.892. The number of carbonyl (C=O) groups is 1. The largest absolute Gasteiger partial charge is 0.384 e. The van der Waals surface area contributed by atoms with Crippen molar-refractivity contribution >= 4 is 33.3 Å². The monoisotopic (exact) mass is 318 g/mol. The fraction of sp³-hybridized carbons (Fsp3) is 0.154. The SMILES string of the molecule is O=C(Nc1cnc(Br)cn1)C1CNc2ccccc21. The molecule has 1 aliphatic rings. The van der Waals surface area contributed by atoms with Gasteiger partial charge in [0.15, 0.2) is 5.82 Å². The number of nitrogens with one attached hydrogen (secondary N) is 2. The summed E-state index contributed by atoms with van der Waals surface area (Å²) in [6.07, 6.45) is 3.08. The van der Waals surface area contributed by atoms with Gasteiger partial charge in [0.25, 0.3) is 0 Å². The van der Waals surface area contributed by atoms with E-state index in [0.717, 1.165) is 11.3 Å². The first kappa shape index (κ1) is 12.1. The van der Waals surface area contributed by atoms with E-state index in [0.29, 0.717) is 17.0 Å². The number of hydrogen-bond donors (Lipinski definition) is 2. The molecule has 1 aliphatic heterocycles. The minimum atomic E-state index is -0.193. The molecule has 96 valence electrons. The number of carbonyl (C=O) groups excluding carboxylic acids is 1. The number of nitrogens with zero attached hydrogens (tertiary/aromatic N) is 2. The van der Waals surface area contributed by atoms with E-state index in [1.807, 2.05) is 24.3 Å². The molecule has 0 fully saturated rings. The van der Waals surface area contributed by atoms with Crippen molar-refractivity contribution in [2.24, 2.45) is 0 Å². The summed E-state index contributed by atoms with van der Waals surface area (Å²) in [7, 11) is 0. The molecule has 0 saturated heterocycles. The molecule has 1 aromatic heterocycles. The maximum absolute atomic E-state index is 12.2. The van der Waals surface area contributed by atoms with Crippen molar-refractivity contribution < 1.29 is 4.79 Å². The lowest BCUT2D eigenvalue weighted by atomic mass is 10.0. The number of fused-ring (bicyclic) bond motifs is 1. The van der Waals surface area contributed by atoms with Crippen LogP contribution in [0.4, 0.5) is 11.5 Å². The Balaban J connectivity index is 1.77. The van der Waals surface area contributed by atoms with Crippen LogP contribution in [-0.2, 0) is 4.79 Å². The minimum absolute atomic E-state index is 0.0749. The van der Waals surface area contributed by atoms with Gasteiger partial charge in [0, 0.05) is 12.2 Å². The van der Waals surface area contributed by atoms with E-state index >= 15 is 0 Å². The van der Waals surface area contributed by atoms with Crippen molar-refractivity contribution in [3.05, 3.63) is 46.8 Å². The van der Waals surface area contributed by atoms with Crippen molar-refractivity contribution in [2.45, 2.75) is 5.92 Å². The molecule has 2 heterocycles. The molecule has 0 bridgehead atoms. The summed E-state index contributed by atoms with van der Waals surface area (Å²) < 4.78 is 0.637. The van der Waals surface area contributed by atoms with E-state index < -0.39 is 0 Å². The van der Waals surface area contributed by atoms with Crippen molar-refractivity contribution in [3.8, 4) is 0 Å². The molecule has 0 aliphatic carbocycles. The lowest BCUT2D eigenvalue weighted by Crippen LogP contribution is -2.23. The van der Waals surface area contributed by atoms with Gasteiger partial charge in [0.05, 0.1) is 18.3 Å². The fourth-order valence-electron chi connectivity index (χ4n) is 2.11. The maximum Gasteiger partial charge on any atom is 0.234 e. The third-order valence-corrected chi connectivity index (χ3v) is 3.43. The number of amides is 1. The molecule has 6 heteroatoms. The van der Waals surface area contributed by atoms with Gasteiger partial charge in [-0.2, -0.15) is 0 Å². The van der Waals surface area contributed by atoms with Gasteiger partial charge < -0.3 is 10.6 Å². The van der Waals surface area contributed by atoms with Gasteiger partial charge in [-0.15, -0.1) is 0 Å². The van der Waals surface area contributed by atoms with Crippen LogP contribution in [0.25, 0.3) is 0 Å². The predicted molar refractivity (Wildman–Crippen MR) is 76.0 cm³/mol. The lowest BCUT2D eigenvalue weighted by Gasteiger charge is -2.10. The molecule has 1 atom stereocenters. The first-order chi connectivity index (χ1) is 9.24. The maximum atomic E-state index is 12.2. The second kappa shape index (κ2) is 4.97. The average Bonchev–Trinajstić information content (AvgIpc) is 2.85. The molecule has 0 radical (unpaired) electrons. The summed E-state index contributed by atoms with van der Waals surface area (Å²) in [5, 5.41) is 6.00. The van der Waals surface area contributed by atoms with Gasteiger partial charge in [-0.1, -0.05) is 18.2 Å². The molecular formula is C13H11BrN4O. The molecule has 2 N–H and O–H groups in total. The van der Waals surface area contributed by atoms with Gasteiger partial charge in [0.2, 0.25) is 5.91 Å². The molecule has 0 saturated carbocycles. The first-order valence-electron chi connectivity index (χ1n) is 5.85. The van der Waals surface area contributed by atoms with Crippen molar-refractivity contribution in [3.63, 3.8) is 0 Å². The van der Waals surface area contributed by atoms with Crippen LogP contribution in [0.1, 0.15) is 11.5 Å². The molecule has 5 nitrogen and oxygen atoms in total. The van der Waals surface area contributed by atoms with Crippen LogP contribution >= 0.6 is 15.9 Å².